The minimum Gasteiger partial charge on any atom is -0.464 e. The molecule has 82 valence electrons. The summed E-state index contributed by atoms with van der Waals surface area (Å²) in [4.78, 5) is 15.3. The average Bonchev–Trinajstić information content (AvgIpc) is 2.28. The number of esters is 1. The summed E-state index contributed by atoms with van der Waals surface area (Å²) < 4.78 is 4.60. The first-order valence-corrected chi connectivity index (χ1v) is 5.15. The SMILES string of the molecule is COC(=O)c1cc2ccc(C)cc2c(Cl)n1. The van der Waals surface area contributed by atoms with Gasteiger partial charge in [0.05, 0.1) is 7.11 Å². The predicted molar refractivity (Wildman–Crippen MR) is 62.8 cm³/mol. The number of pyridine rings is 1. The molecule has 2 rings (SSSR count). The quantitative estimate of drug-likeness (QED) is 0.564. The minimum absolute atomic E-state index is 0.226. The first-order chi connectivity index (χ1) is 7.61. The van der Waals surface area contributed by atoms with Gasteiger partial charge in [-0.3, -0.25) is 0 Å². The lowest BCUT2D eigenvalue weighted by atomic mass is 10.1. The van der Waals surface area contributed by atoms with Crippen LogP contribution in [0.3, 0.4) is 0 Å². The van der Waals surface area contributed by atoms with E-state index in [2.05, 4.69) is 9.72 Å². The number of methoxy groups -OCH3 is 1. The third-order valence-electron chi connectivity index (χ3n) is 2.34. The van der Waals surface area contributed by atoms with E-state index in [-0.39, 0.29) is 5.69 Å². The zero-order valence-electron chi connectivity index (χ0n) is 8.95. The number of carbonyl (C=O) groups is 1. The summed E-state index contributed by atoms with van der Waals surface area (Å²) in [7, 11) is 1.32. The molecule has 1 aromatic heterocycles. The van der Waals surface area contributed by atoms with Crippen LogP contribution in [0.5, 0.6) is 0 Å². The molecule has 0 amide bonds. The number of carbonyl (C=O) groups excluding carboxylic acids is 1. The number of ether oxygens (including phenoxy) is 1. The molecule has 0 atom stereocenters. The van der Waals surface area contributed by atoms with Gasteiger partial charge in [-0.1, -0.05) is 29.3 Å². The predicted octanol–water partition coefficient (Wildman–Crippen LogP) is 2.98. The smallest absolute Gasteiger partial charge is 0.356 e. The summed E-state index contributed by atoms with van der Waals surface area (Å²) in [5.41, 5.74) is 1.32. The Morgan fingerprint density at radius 1 is 1.38 bits per heavy atom. The third kappa shape index (κ3) is 1.86. The molecule has 16 heavy (non-hydrogen) atoms. The molecule has 0 saturated carbocycles. The number of hydrogen-bond acceptors (Lipinski definition) is 3. The van der Waals surface area contributed by atoms with Crippen LogP contribution in [0.25, 0.3) is 10.8 Å². The number of fused-ring (bicyclic) bond motifs is 1. The van der Waals surface area contributed by atoms with Crippen molar-refractivity contribution in [1.29, 1.82) is 0 Å². The Labute approximate surface area is 98.0 Å². The molecule has 2 aromatic rings. The van der Waals surface area contributed by atoms with Gasteiger partial charge < -0.3 is 4.74 Å². The largest absolute Gasteiger partial charge is 0.464 e. The first-order valence-electron chi connectivity index (χ1n) is 4.77. The maximum Gasteiger partial charge on any atom is 0.356 e. The van der Waals surface area contributed by atoms with Gasteiger partial charge in [0, 0.05) is 5.39 Å². The van der Waals surface area contributed by atoms with Crippen molar-refractivity contribution < 1.29 is 9.53 Å². The van der Waals surface area contributed by atoms with Crippen molar-refractivity contribution in [2.75, 3.05) is 7.11 Å². The van der Waals surface area contributed by atoms with Crippen molar-refractivity contribution in [3.63, 3.8) is 0 Å². The Morgan fingerprint density at radius 3 is 2.81 bits per heavy atom. The highest BCUT2D eigenvalue weighted by Gasteiger charge is 2.11. The molecular weight excluding hydrogens is 226 g/mol. The van der Waals surface area contributed by atoms with Crippen LogP contribution in [-0.4, -0.2) is 18.1 Å². The van der Waals surface area contributed by atoms with Crippen LogP contribution in [0.4, 0.5) is 0 Å². The number of benzene rings is 1. The van der Waals surface area contributed by atoms with E-state index in [0.29, 0.717) is 5.15 Å². The molecule has 0 spiro atoms. The highest BCUT2D eigenvalue weighted by atomic mass is 35.5. The molecule has 0 radical (unpaired) electrons. The van der Waals surface area contributed by atoms with E-state index in [9.17, 15) is 4.79 Å². The van der Waals surface area contributed by atoms with E-state index in [0.717, 1.165) is 16.3 Å². The second-order valence-corrected chi connectivity index (χ2v) is 3.87. The normalized spacial score (nSPS) is 10.4. The van der Waals surface area contributed by atoms with E-state index >= 15 is 0 Å². The maximum atomic E-state index is 11.3. The molecular formula is C12H10ClNO2. The molecule has 0 N–H and O–H groups in total. The highest BCUT2D eigenvalue weighted by molar-refractivity contribution is 6.34. The number of nitrogens with zero attached hydrogens (tertiary/aromatic N) is 1. The van der Waals surface area contributed by atoms with Crippen LogP contribution >= 0.6 is 11.6 Å². The topological polar surface area (TPSA) is 39.2 Å². The van der Waals surface area contributed by atoms with E-state index in [1.165, 1.54) is 7.11 Å². The summed E-state index contributed by atoms with van der Waals surface area (Å²) in [6, 6.07) is 7.47. The van der Waals surface area contributed by atoms with Crippen LogP contribution in [0.15, 0.2) is 24.3 Å². The van der Waals surface area contributed by atoms with Crippen LogP contribution in [0, 0.1) is 6.92 Å². The van der Waals surface area contributed by atoms with Gasteiger partial charge in [-0.2, -0.15) is 0 Å². The Hall–Kier alpha value is -1.61. The second kappa shape index (κ2) is 4.10. The van der Waals surface area contributed by atoms with Crippen LogP contribution in [-0.2, 0) is 4.74 Å². The van der Waals surface area contributed by atoms with Crippen molar-refractivity contribution in [2.24, 2.45) is 0 Å². The summed E-state index contributed by atoms with van der Waals surface area (Å²) in [6.45, 7) is 1.98. The van der Waals surface area contributed by atoms with Crippen LogP contribution in [0.2, 0.25) is 5.15 Å². The Morgan fingerprint density at radius 2 is 2.12 bits per heavy atom. The molecule has 0 aliphatic carbocycles. The van der Waals surface area contributed by atoms with Gasteiger partial charge >= 0.3 is 5.97 Å². The Bertz CT molecular complexity index is 566. The fourth-order valence-corrected chi connectivity index (χ4v) is 1.78. The van der Waals surface area contributed by atoms with Gasteiger partial charge in [-0.15, -0.1) is 0 Å². The highest BCUT2D eigenvalue weighted by Crippen LogP contribution is 2.23. The van der Waals surface area contributed by atoms with Crippen molar-refractivity contribution >= 4 is 28.3 Å². The van der Waals surface area contributed by atoms with Crippen molar-refractivity contribution in [2.45, 2.75) is 6.92 Å². The molecule has 0 bridgehead atoms. The Balaban J connectivity index is 2.68. The molecule has 0 saturated heterocycles. The van der Waals surface area contributed by atoms with Crippen molar-refractivity contribution in [3.05, 3.63) is 40.7 Å². The van der Waals surface area contributed by atoms with E-state index < -0.39 is 5.97 Å². The molecule has 1 heterocycles. The summed E-state index contributed by atoms with van der Waals surface area (Å²) in [5.74, 6) is -0.482. The van der Waals surface area contributed by atoms with Crippen molar-refractivity contribution in [3.8, 4) is 0 Å². The van der Waals surface area contributed by atoms with Gasteiger partial charge in [0.15, 0.2) is 5.69 Å². The lowest BCUT2D eigenvalue weighted by molar-refractivity contribution is 0.0594. The summed E-state index contributed by atoms with van der Waals surface area (Å²) in [5, 5.41) is 2.04. The molecule has 4 heteroatoms. The number of rotatable bonds is 1. The lowest BCUT2D eigenvalue weighted by Crippen LogP contribution is -2.04. The fraction of sp³-hybridized carbons (Fsp3) is 0.167. The van der Waals surface area contributed by atoms with E-state index in [1.807, 2.05) is 25.1 Å². The van der Waals surface area contributed by atoms with Gasteiger partial charge in [0.1, 0.15) is 5.15 Å². The first kappa shape index (κ1) is 10.9. The monoisotopic (exact) mass is 235 g/mol. The number of hydrogen-bond donors (Lipinski definition) is 0. The van der Waals surface area contributed by atoms with Gasteiger partial charge in [-0.05, 0) is 24.4 Å². The molecule has 3 nitrogen and oxygen atoms in total. The average molecular weight is 236 g/mol. The number of aromatic nitrogens is 1. The summed E-state index contributed by atoms with van der Waals surface area (Å²) in [6.07, 6.45) is 0. The number of aryl methyl sites for hydroxylation is 1. The van der Waals surface area contributed by atoms with Gasteiger partial charge in [0.25, 0.3) is 0 Å². The molecule has 0 unspecified atom stereocenters. The molecule has 0 fully saturated rings. The Kier molecular flexibility index (Phi) is 2.79. The maximum absolute atomic E-state index is 11.3. The lowest BCUT2D eigenvalue weighted by Gasteiger charge is -2.04. The molecule has 0 aliphatic heterocycles. The van der Waals surface area contributed by atoms with Gasteiger partial charge in [0.2, 0.25) is 0 Å². The van der Waals surface area contributed by atoms with Gasteiger partial charge in [-0.25, -0.2) is 9.78 Å². The fourth-order valence-electron chi connectivity index (χ4n) is 1.53. The third-order valence-corrected chi connectivity index (χ3v) is 2.62. The zero-order chi connectivity index (χ0) is 11.7. The van der Waals surface area contributed by atoms with Crippen LogP contribution < -0.4 is 0 Å². The van der Waals surface area contributed by atoms with E-state index in [4.69, 9.17) is 11.6 Å². The molecule has 1 aromatic carbocycles. The van der Waals surface area contributed by atoms with Crippen molar-refractivity contribution in [1.82, 2.24) is 4.98 Å². The minimum atomic E-state index is -0.482. The second-order valence-electron chi connectivity index (χ2n) is 3.51. The summed E-state index contributed by atoms with van der Waals surface area (Å²) >= 11 is 6.02. The number of halogens is 1. The molecule has 0 aliphatic rings. The van der Waals surface area contributed by atoms with E-state index in [1.54, 1.807) is 6.07 Å². The standard InChI is InChI=1S/C12H10ClNO2/c1-7-3-4-8-6-10(12(15)16-2)14-11(13)9(8)5-7/h3-6H,1-2H3. The van der Waals surface area contributed by atoms with Crippen LogP contribution in [0.1, 0.15) is 16.1 Å². The zero-order valence-corrected chi connectivity index (χ0v) is 9.71.